The van der Waals surface area contributed by atoms with Crippen LogP contribution in [0.1, 0.15) is 0 Å². The maximum atomic E-state index is 13.3. The van der Waals surface area contributed by atoms with Crippen molar-refractivity contribution < 1.29 is 18.3 Å². The molecule has 0 atom stereocenters. The van der Waals surface area contributed by atoms with Crippen LogP contribution in [0.5, 0.6) is 5.75 Å². The lowest BCUT2D eigenvalue weighted by molar-refractivity contribution is -0.118. The van der Waals surface area contributed by atoms with E-state index in [4.69, 9.17) is 27.9 Å². The van der Waals surface area contributed by atoms with Gasteiger partial charge in [0.15, 0.2) is 18.2 Å². The lowest BCUT2D eigenvalue weighted by atomic mass is 10.3. The summed E-state index contributed by atoms with van der Waals surface area (Å²) in [6, 6.07) is 7.37. The van der Waals surface area contributed by atoms with E-state index in [0.717, 1.165) is 12.1 Å². The van der Waals surface area contributed by atoms with Gasteiger partial charge in [0.05, 0.1) is 10.7 Å². The number of ether oxygens (including phenoxy) is 1. The van der Waals surface area contributed by atoms with Gasteiger partial charge in [0.1, 0.15) is 5.82 Å². The molecule has 0 radical (unpaired) electrons. The van der Waals surface area contributed by atoms with Gasteiger partial charge in [-0.05, 0) is 30.3 Å². The summed E-state index contributed by atoms with van der Waals surface area (Å²) in [5.74, 6) is -2.36. The molecule has 0 aliphatic heterocycles. The van der Waals surface area contributed by atoms with Crippen molar-refractivity contribution in [1.82, 2.24) is 0 Å². The zero-order valence-electron chi connectivity index (χ0n) is 10.5. The third kappa shape index (κ3) is 4.31. The molecular weight excluding hydrogens is 323 g/mol. The number of halogens is 4. The molecule has 0 saturated heterocycles. The number of rotatable bonds is 4. The minimum atomic E-state index is -0.882. The SMILES string of the molecule is O=C(COc1ccc(F)cc1F)Nc1ccc(Cl)cc1Cl. The van der Waals surface area contributed by atoms with Crippen molar-refractivity contribution in [2.24, 2.45) is 0 Å². The van der Waals surface area contributed by atoms with Crippen LogP contribution in [-0.4, -0.2) is 12.5 Å². The van der Waals surface area contributed by atoms with Gasteiger partial charge in [-0.15, -0.1) is 0 Å². The van der Waals surface area contributed by atoms with Crippen molar-refractivity contribution in [1.29, 1.82) is 0 Å². The second kappa shape index (κ2) is 6.74. The molecule has 0 aliphatic rings. The summed E-state index contributed by atoms with van der Waals surface area (Å²) in [7, 11) is 0. The molecule has 7 heteroatoms. The van der Waals surface area contributed by atoms with E-state index in [1.54, 1.807) is 6.07 Å². The van der Waals surface area contributed by atoms with Gasteiger partial charge in [-0.25, -0.2) is 8.78 Å². The van der Waals surface area contributed by atoms with Crippen molar-refractivity contribution in [2.45, 2.75) is 0 Å². The Bertz CT molecular complexity index is 680. The molecule has 0 aromatic heterocycles. The molecular formula is C14H9Cl2F2NO2. The van der Waals surface area contributed by atoms with Crippen molar-refractivity contribution in [2.75, 3.05) is 11.9 Å². The summed E-state index contributed by atoms with van der Waals surface area (Å²) < 4.78 is 31.0. The normalized spacial score (nSPS) is 10.3. The number of carbonyl (C=O) groups is 1. The van der Waals surface area contributed by atoms with Crippen LogP contribution in [0.15, 0.2) is 36.4 Å². The van der Waals surface area contributed by atoms with Gasteiger partial charge < -0.3 is 10.1 Å². The molecule has 0 unspecified atom stereocenters. The molecule has 2 aromatic rings. The van der Waals surface area contributed by atoms with E-state index in [9.17, 15) is 13.6 Å². The first-order chi connectivity index (χ1) is 9.95. The molecule has 21 heavy (non-hydrogen) atoms. The summed E-state index contributed by atoms with van der Waals surface area (Å²) >= 11 is 11.6. The molecule has 3 nitrogen and oxygen atoms in total. The Hall–Kier alpha value is -1.85. The molecule has 0 saturated carbocycles. The highest BCUT2D eigenvalue weighted by Crippen LogP contribution is 2.25. The first-order valence-electron chi connectivity index (χ1n) is 5.78. The fraction of sp³-hybridized carbons (Fsp3) is 0.0714. The second-order valence-electron chi connectivity index (χ2n) is 4.04. The number of nitrogens with one attached hydrogen (secondary N) is 1. The van der Waals surface area contributed by atoms with Crippen molar-refractivity contribution >= 4 is 34.8 Å². The Morgan fingerprint density at radius 1 is 1.14 bits per heavy atom. The Morgan fingerprint density at radius 3 is 2.57 bits per heavy atom. The standard InChI is InChI=1S/C14H9Cl2F2NO2/c15-8-1-3-12(10(16)5-8)19-14(20)7-21-13-4-2-9(17)6-11(13)18/h1-6H,7H2,(H,19,20). The monoisotopic (exact) mass is 331 g/mol. The number of hydrogen-bond acceptors (Lipinski definition) is 2. The Kier molecular flexibility index (Phi) is 4.98. The molecule has 0 bridgehead atoms. The largest absolute Gasteiger partial charge is 0.481 e. The van der Waals surface area contributed by atoms with Crippen LogP contribution in [0.25, 0.3) is 0 Å². The van der Waals surface area contributed by atoms with E-state index in [-0.39, 0.29) is 10.8 Å². The van der Waals surface area contributed by atoms with Gasteiger partial charge in [-0.3, -0.25) is 4.79 Å². The van der Waals surface area contributed by atoms with Gasteiger partial charge in [-0.2, -0.15) is 0 Å². The lowest BCUT2D eigenvalue weighted by Crippen LogP contribution is -2.20. The van der Waals surface area contributed by atoms with Gasteiger partial charge in [0.2, 0.25) is 0 Å². The number of amides is 1. The molecule has 2 aromatic carbocycles. The third-order valence-electron chi connectivity index (χ3n) is 2.46. The predicted octanol–water partition coefficient (Wildman–Crippen LogP) is 4.29. The van der Waals surface area contributed by atoms with E-state index in [0.29, 0.717) is 16.8 Å². The fourth-order valence-corrected chi connectivity index (χ4v) is 1.97. The predicted molar refractivity (Wildman–Crippen MR) is 76.9 cm³/mol. The van der Waals surface area contributed by atoms with Crippen LogP contribution in [0.4, 0.5) is 14.5 Å². The average Bonchev–Trinajstić information content (AvgIpc) is 2.41. The molecule has 1 N–H and O–H groups in total. The zero-order chi connectivity index (χ0) is 15.4. The smallest absolute Gasteiger partial charge is 0.262 e. The van der Waals surface area contributed by atoms with E-state index in [1.807, 2.05) is 0 Å². The van der Waals surface area contributed by atoms with Crippen LogP contribution in [-0.2, 0) is 4.79 Å². The highest BCUT2D eigenvalue weighted by molar-refractivity contribution is 6.36. The summed E-state index contributed by atoms with van der Waals surface area (Å²) in [5, 5.41) is 3.19. The molecule has 110 valence electrons. The summed E-state index contributed by atoms with van der Waals surface area (Å²) in [6.45, 7) is -0.443. The number of anilines is 1. The lowest BCUT2D eigenvalue weighted by Gasteiger charge is -2.09. The minimum Gasteiger partial charge on any atom is -0.481 e. The van der Waals surface area contributed by atoms with Gasteiger partial charge in [0.25, 0.3) is 5.91 Å². The molecule has 1 amide bonds. The van der Waals surface area contributed by atoms with E-state index >= 15 is 0 Å². The Morgan fingerprint density at radius 2 is 1.90 bits per heavy atom. The summed E-state index contributed by atoms with van der Waals surface area (Å²) in [5.41, 5.74) is 0.356. The molecule has 0 fully saturated rings. The van der Waals surface area contributed by atoms with Gasteiger partial charge in [0, 0.05) is 11.1 Å². The van der Waals surface area contributed by atoms with Crippen LogP contribution in [0.3, 0.4) is 0 Å². The van der Waals surface area contributed by atoms with Crippen molar-refractivity contribution in [3.8, 4) is 5.75 Å². The summed E-state index contributed by atoms with van der Waals surface area (Å²) in [4.78, 5) is 11.7. The molecule has 0 spiro atoms. The van der Waals surface area contributed by atoms with E-state index in [2.05, 4.69) is 5.32 Å². The maximum Gasteiger partial charge on any atom is 0.262 e. The topological polar surface area (TPSA) is 38.3 Å². The highest BCUT2D eigenvalue weighted by Gasteiger charge is 2.10. The van der Waals surface area contributed by atoms with Crippen LogP contribution in [0.2, 0.25) is 10.0 Å². The molecule has 0 heterocycles. The Labute approximate surface area is 129 Å². The number of hydrogen-bond donors (Lipinski definition) is 1. The first kappa shape index (κ1) is 15.5. The first-order valence-corrected chi connectivity index (χ1v) is 6.54. The Balaban J connectivity index is 1.96. The minimum absolute atomic E-state index is 0.214. The van der Waals surface area contributed by atoms with Crippen molar-refractivity contribution in [3.05, 3.63) is 58.1 Å². The van der Waals surface area contributed by atoms with Crippen LogP contribution in [0, 0.1) is 11.6 Å². The van der Waals surface area contributed by atoms with Crippen LogP contribution >= 0.6 is 23.2 Å². The maximum absolute atomic E-state index is 13.3. The fourth-order valence-electron chi connectivity index (χ4n) is 1.51. The van der Waals surface area contributed by atoms with Crippen molar-refractivity contribution in [3.63, 3.8) is 0 Å². The number of carbonyl (C=O) groups excluding carboxylic acids is 1. The van der Waals surface area contributed by atoms with E-state index in [1.165, 1.54) is 12.1 Å². The van der Waals surface area contributed by atoms with Crippen LogP contribution < -0.4 is 10.1 Å². The van der Waals surface area contributed by atoms with E-state index < -0.39 is 24.1 Å². The highest BCUT2D eigenvalue weighted by atomic mass is 35.5. The molecule has 2 rings (SSSR count). The quantitative estimate of drug-likeness (QED) is 0.907. The zero-order valence-corrected chi connectivity index (χ0v) is 12.0. The summed E-state index contributed by atoms with van der Waals surface area (Å²) in [6.07, 6.45) is 0. The molecule has 0 aliphatic carbocycles. The van der Waals surface area contributed by atoms with Gasteiger partial charge >= 0.3 is 0 Å². The average molecular weight is 332 g/mol. The third-order valence-corrected chi connectivity index (χ3v) is 3.01. The number of benzene rings is 2. The van der Waals surface area contributed by atoms with Gasteiger partial charge in [-0.1, -0.05) is 23.2 Å². The second-order valence-corrected chi connectivity index (χ2v) is 4.88.